The molecule has 27 heavy (non-hydrogen) atoms. The van der Waals surface area contributed by atoms with E-state index in [4.69, 9.17) is 0 Å². The van der Waals surface area contributed by atoms with E-state index in [2.05, 4.69) is 20.5 Å². The van der Waals surface area contributed by atoms with Gasteiger partial charge in [0.2, 0.25) is 16.0 Å². The van der Waals surface area contributed by atoms with Gasteiger partial charge in [-0.15, -0.1) is 4.91 Å². The standard InChI is InChI=1S/C18H17N5O3S/c1-23(27(2,25)26)16-8-3-5-13(11-16)17-9-10-19-18(21-17)20-14-6-4-7-15(12-14)22-24/h3-12H,1-2H3,(H,19,20,21). The fourth-order valence-corrected chi connectivity index (χ4v) is 2.90. The van der Waals surface area contributed by atoms with E-state index in [1.807, 2.05) is 6.07 Å². The Morgan fingerprint density at radius 2 is 1.85 bits per heavy atom. The van der Waals surface area contributed by atoms with Gasteiger partial charge in [-0.3, -0.25) is 4.31 Å². The Labute approximate surface area is 156 Å². The van der Waals surface area contributed by atoms with Gasteiger partial charge >= 0.3 is 0 Å². The third-order valence-corrected chi connectivity index (χ3v) is 5.07. The van der Waals surface area contributed by atoms with E-state index in [1.165, 1.54) is 11.4 Å². The summed E-state index contributed by atoms with van der Waals surface area (Å²) in [5.41, 5.74) is 2.84. The van der Waals surface area contributed by atoms with Gasteiger partial charge in [-0.05, 0) is 41.6 Å². The minimum absolute atomic E-state index is 0.299. The average molecular weight is 383 g/mol. The van der Waals surface area contributed by atoms with Crippen molar-refractivity contribution in [3.63, 3.8) is 0 Å². The Morgan fingerprint density at radius 3 is 2.59 bits per heavy atom. The highest BCUT2D eigenvalue weighted by molar-refractivity contribution is 7.92. The SMILES string of the molecule is CN(c1cccc(-c2ccnc(Nc3cccc(N=O)c3)n2)c1)S(C)(=O)=O. The molecular formula is C18H17N5O3S. The molecule has 9 heteroatoms. The molecule has 1 heterocycles. The van der Waals surface area contributed by atoms with Crippen molar-refractivity contribution in [1.29, 1.82) is 0 Å². The van der Waals surface area contributed by atoms with Crippen LogP contribution in [0.3, 0.4) is 0 Å². The largest absolute Gasteiger partial charge is 0.324 e. The second-order valence-corrected chi connectivity index (χ2v) is 7.83. The molecule has 1 aromatic heterocycles. The fourth-order valence-electron chi connectivity index (χ4n) is 2.40. The number of benzene rings is 2. The number of nitroso groups, excluding NO2 is 1. The summed E-state index contributed by atoms with van der Waals surface area (Å²) in [6, 6.07) is 15.4. The topological polar surface area (TPSA) is 105 Å². The van der Waals surface area contributed by atoms with Crippen molar-refractivity contribution in [3.8, 4) is 11.3 Å². The molecule has 0 bridgehead atoms. The molecule has 0 aliphatic rings. The van der Waals surface area contributed by atoms with E-state index in [9.17, 15) is 13.3 Å². The zero-order chi connectivity index (χ0) is 19.4. The van der Waals surface area contributed by atoms with Crippen molar-refractivity contribution in [2.75, 3.05) is 22.9 Å². The summed E-state index contributed by atoms with van der Waals surface area (Å²) in [5.74, 6) is 0.345. The van der Waals surface area contributed by atoms with E-state index in [0.717, 1.165) is 11.8 Å². The smallest absolute Gasteiger partial charge is 0.231 e. The zero-order valence-electron chi connectivity index (χ0n) is 14.7. The molecule has 0 fully saturated rings. The van der Waals surface area contributed by atoms with E-state index >= 15 is 0 Å². The second-order valence-electron chi connectivity index (χ2n) is 5.81. The molecule has 1 N–H and O–H groups in total. The molecule has 2 aromatic carbocycles. The lowest BCUT2D eigenvalue weighted by Gasteiger charge is -2.17. The Kier molecular flexibility index (Phi) is 5.13. The minimum atomic E-state index is -3.36. The van der Waals surface area contributed by atoms with Crippen molar-refractivity contribution in [1.82, 2.24) is 9.97 Å². The lowest BCUT2D eigenvalue weighted by Crippen LogP contribution is -2.24. The first-order valence-electron chi connectivity index (χ1n) is 7.94. The van der Waals surface area contributed by atoms with Crippen LogP contribution < -0.4 is 9.62 Å². The normalized spacial score (nSPS) is 11.0. The number of hydrogen-bond acceptors (Lipinski definition) is 7. The highest BCUT2D eigenvalue weighted by Gasteiger charge is 2.13. The molecule has 0 amide bonds. The van der Waals surface area contributed by atoms with Gasteiger partial charge in [0.1, 0.15) is 5.69 Å². The van der Waals surface area contributed by atoms with Gasteiger partial charge in [-0.1, -0.05) is 18.2 Å². The van der Waals surface area contributed by atoms with Crippen LogP contribution in [0.4, 0.5) is 23.0 Å². The maximum Gasteiger partial charge on any atom is 0.231 e. The predicted octanol–water partition coefficient (Wildman–Crippen LogP) is 3.68. The Hall–Kier alpha value is -3.33. The Morgan fingerprint density at radius 1 is 1.07 bits per heavy atom. The molecule has 0 spiro atoms. The first kappa shape index (κ1) is 18.5. The molecule has 3 aromatic rings. The van der Waals surface area contributed by atoms with Crippen LogP contribution in [0, 0.1) is 4.91 Å². The first-order valence-corrected chi connectivity index (χ1v) is 9.79. The maximum absolute atomic E-state index is 11.7. The van der Waals surface area contributed by atoms with Gasteiger partial charge in [-0.25, -0.2) is 18.4 Å². The number of aromatic nitrogens is 2. The monoisotopic (exact) mass is 383 g/mol. The molecule has 8 nitrogen and oxygen atoms in total. The zero-order valence-corrected chi connectivity index (χ0v) is 15.5. The van der Waals surface area contributed by atoms with Gasteiger partial charge in [0.25, 0.3) is 0 Å². The number of nitrogens with zero attached hydrogens (tertiary/aromatic N) is 4. The molecule has 3 rings (SSSR count). The summed E-state index contributed by atoms with van der Waals surface area (Å²) in [4.78, 5) is 19.3. The highest BCUT2D eigenvalue weighted by atomic mass is 32.2. The number of nitrogens with one attached hydrogen (secondary N) is 1. The number of anilines is 3. The maximum atomic E-state index is 11.7. The third kappa shape index (κ3) is 4.45. The number of sulfonamides is 1. The lowest BCUT2D eigenvalue weighted by molar-refractivity contribution is 0.600. The van der Waals surface area contributed by atoms with Gasteiger partial charge in [-0.2, -0.15) is 0 Å². The molecule has 138 valence electrons. The van der Waals surface area contributed by atoms with Crippen LogP contribution in [0.5, 0.6) is 0 Å². The summed E-state index contributed by atoms with van der Waals surface area (Å²) >= 11 is 0. The molecular weight excluding hydrogens is 366 g/mol. The van der Waals surface area contributed by atoms with E-state index in [0.29, 0.717) is 28.7 Å². The van der Waals surface area contributed by atoms with Crippen LogP contribution >= 0.6 is 0 Å². The molecule has 0 saturated carbocycles. The van der Waals surface area contributed by atoms with Gasteiger partial charge in [0.05, 0.1) is 17.6 Å². The summed E-state index contributed by atoms with van der Waals surface area (Å²) < 4.78 is 24.7. The van der Waals surface area contributed by atoms with Crippen molar-refractivity contribution < 1.29 is 8.42 Å². The number of rotatable bonds is 6. The second kappa shape index (κ2) is 7.50. The molecule has 0 aliphatic heterocycles. The summed E-state index contributed by atoms with van der Waals surface area (Å²) in [6.07, 6.45) is 2.74. The van der Waals surface area contributed by atoms with Crippen molar-refractivity contribution in [2.24, 2.45) is 5.18 Å². The van der Waals surface area contributed by atoms with E-state index < -0.39 is 10.0 Å². The third-order valence-electron chi connectivity index (χ3n) is 3.87. The first-order chi connectivity index (χ1) is 12.9. The summed E-state index contributed by atoms with van der Waals surface area (Å²) in [7, 11) is -1.86. The van der Waals surface area contributed by atoms with Crippen LogP contribution in [-0.2, 0) is 10.0 Å². The summed E-state index contributed by atoms with van der Waals surface area (Å²) in [6.45, 7) is 0. The van der Waals surface area contributed by atoms with E-state index in [-0.39, 0.29) is 0 Å². The highest BCUT2D eigenvalue weighted by Crippen LogP contribution is 2.25. The molecule has 0 aliphatic carbocycles. The quantitative estimate of drug-likeness (QED) is 0.651. The van der Waals surface area contributed by atoms with Gasteiger partial charge in [0.15, 0.2) is 0 Å². The minimum Gasteiger partial charge on any atom is -0.324 e. The van der Waals surface area contributed by atoms with Gasteiger partial charge in [0, 0.05) is 24.5 Å². The van der Waals surface area contributed by atoms with Crippen LogP contribution in [-0.4, -0.2) is 31.7 Å². The lowest BCUT2D eigenvalue weighted by atomic mass is 10.1. The molecule has 0 saturated heterocycles. The Bertz CT molecular complexity index is 1090. The number of hydrogen-bond donors (Lipinski definition) is 1. The van der Waals surface area contributed by atoms with Crippen LogP contribution in [0.25, 0.3) is 11.3 Å². The van der Waals surface area contributed by atoms with Crippen LogP contribution in [0.15, 0.2) is 66.0 Å². The van der Waals surface area contributed by atoms with E-state index in [1.54, 1.807) is 54.7 Å². The van der Waals surface area contributed by atoms with Crippen LogP contribution in [0.1, 0.15) is 0 Å². The Balaban J connectivity index is 1.90. The average Bonchev–Trinajstić information content (AvgIpc) is 2.67. The fraction of sp³-hybridized carbons (Fsp3) is 0.111. The van der Waals surface area contributed by atoms with Crippen molar-refractivity contribution in [3.05, 3.63) is 65.7 Å². The van der Waals surface area contributed by atoms with Gasteiger partial charge < -0.3 is 5.32 Å². The predicted molar refractivity (Wildman–Crippen MR) is 106 cm³/mol. The van der Waals surface area contributed by atoms with Crippen LogP contribution in [0.2, 0.25) is 0 Å². The molecule has 0 radical (unpaired) electrons. The molecule has 0 unspecified atom stereocenters. The molecule has 0 atom stereocenters. The van der Waals surface area contributed by atoms with Crippen molar-refractivity contribution in [2.45, 2.75) is 0 Å². The van der Waals surface area contributed by atoms with Crippen molar-refractivity contribution >= 4 is 33.0 Å². The summed E-state index contributed by atoms with van der Waals surface area (Å²) in [5, 5.41) is 5.92.